The minimum absolute atomic E-state index is 0.00492. The van der Waals surface area contributed by atoms with Gasteiger partial charge >= 0.3 is 0 Å². The number of carbonyl (C=O) groups excluding carboxylic acids is 1. The summed E-state index contributed by atoms with van der Waals surface area (Å²) in [7, 11) is -1.39. The van der Waals surface area contributed by atoms with Crippen LogP contribution in [0.3, 0.4) is 0 Å². The van der Waals surface area contributed by atoms with Crippen LogP contribution in [0.1, 0.15) is 30.7 Å². The van der Waals surface area contributed by atoms with Gasteiger partial charge < -0.3 is 9.32 Å². The molecule has 0 aliphatic carbocycles. The van der Waals surface area contributed by atoms with E-state index in [9.17, 15) is 23.3 Å². The van der Waals surface area contributed by atoms with Crippen molar-refractivity contribution in [2.45, 2.75) is 32.0 Å². The zero-order valence-corrected chi connectivity index (χ0v) is 17.7. The minimum Gasteiger partial charge on any atom is -0.467 e. The fourth-order valence-corrected chi connectivity index (χ4v) is 5.34. The van der Waals surface area contributed by atoms with E-state index < -0.39 is 20.8 Å². The van der Waals surface area contributed by atoms with Crippen molar-refractivity contribution in [1.29, 1.82) is 0 Å². The lowest BCUT2D eigenvalue weighted by Gasteiger charge is -2.31. The summed E-state index contributed by atoms with van der Waals surface area (Å²) in [4.78, 5) is 27.1. The van der Waals surface area contributed by atoms with Crippen molar-refractivity contribution in [2.75, 3.05) is 25.1 Å². The normalized spacial score (nSPS) is 19.0. The number of likely N-dealkylation sites (N-methyl/N-ethyl adjacent to an activating group) is 1. The van der Waals surface area contributed by atoms with Crippen molar-refractivity contribution in [2.24, 2.45) is 0 Å². The van der Waals surface area contributed by atoms with Crippen molar-refractivity contribution < 1.29 is 22.6 Å². The molecule has 1 amide bonds. The van der Waals surface area contributed by atoms with Crippen molar-refractivity contribution in [3.63, 3.8) is 0 Å². The highest BCUT2D eigenvalue weighted by atomic mass is 32.2. The van der Waals surface area contributed by atoms with Gasteiger partial charge in [0, 0.05) is 24.2 Å². The molecule has 0 saturated carbocycles. The second-order valence-corrected chi connectivity index (χ2v) is 9.83. The number of carbonyl (C=O) groups is 1. The summed E-state index contributed by atoms with van der Waals surface area (Å²) in [5.74, 6) is 0.388. The van der Waals surface area contributed by atoms with E-state index in [0.717, 1.165) is 5.56 Å². The predicted molar refractivity (Wildman–Crippen MR) is 110 cm³/mol. The summed E-state index contributed by atoms with van der Waals surface area (Å²) in [6.07, 6.45) is 1.92. The predicted octanol–water partition coefficient (Wildman–Crippen LogP) is 2.40. The van der Waals surface area contributed by atoms with Gasteiger partial charge in [0.2, 0.25) is 5.91 Å². The molecule has 0 radical (unpaired) electrons. The van der Waals surface area contributed by atoms with E-state index in [4.69, 9.17) is 4.42 Å². The molecule has 162 valence electrons. The molecule has 3 rings (SSSR count). The maximum Gasteiger partial charge on any atom is 0.269 e. The van der Waals surface area contributed by atoms with Crippen molar-refractivity contribution in [3.05, 3.63) is 64.1 Å². The first-order valence-electron chi connectivity index (χ1n) is 9.63. The number of non-ortho nitro benzene ring substituents is 1. The molecule has 0 N–H and O–H groups in total. The Kier molecular flexibility index (Phi) is 6.57. The molecule has 1 aromatic heterocycles. The van der Waals surface area contributed by atoms with Crippen LogP contribution in [-0.4, -0.2) is 60.2 Å². The molecule has 1 fully saturated rings. The molecule has 9 nitrogen and oxygen atoms in total. The number of hydrogen-bond donors (Lipinski definition) is 0. The van der Waals surface area contributed by atoms with Crippen LogP contribution in [0.15, 0.2) is 47.1 Å². The molecule has 1 saturated heterocycles. The van der Waals surface area contributed by atoms with E-state index in [1.807, 2.05) is 6.92 Å². The molecule has 30 heavy (non-hydrogen) atoms. The number of nitro benzene ring substituents is 1. The Labute approximate surface area is 175 Å². The Morgan fingerprint density at radius 3 is 2.70 bits per heavy atom. The number of sulfone groups is 1. The van der Waals surface area contributed by atoms with E-state index in [0.29, 0.717) is 12.2 Å². The number of furan rings is 1. The van der Waals surface area contributed by atoms with Crippen LogP contribution >= 0.6 is 0 Å². The van der Waals surface area contributed by atoms with Crippen LogP contribution in [0.4, 0.5) is 5.69 Å². The Morgan fingerprint density at radius 2 is 2.10 bits per heavy atom. The molecular weight excluding hydrogens is 410 g/mol. The summed E-state index contributed by atoms with van der Waals surface area (Å²) in [6.45, 7) is 2.11. The third-order valence-corrected chi connectivity index (χ3v) is 7.24. The fraction of sp³-hybridized carbons (Fsp3) is 0.450. The largest absolute Gasteiger partial charge is 0.467 e. The maximum absolute atomic E-state index is 13.1. The second-order valence-electron chi connectivity index (χ2n) is 7.60. The van der Waals surface area contributed by atoms with Gasteiger partial charge in [0.1, 0.15) is 5.76 Å². The van der Waals surface area contributed by atoms with Crippen LogP contribution in [0, 0.1) is 10.1 Å². The van der Waals surface area contributed by atoms with Gasteiger partial charge in [0.15, 0.2) is 9.84 Å². The van der Waals surface area contributed by atoms with Crippen LogP contribution in [0.5, 0.6) is 0 Å². The quantitative estimate of drug-likeness (QED) is 0.462. The smallest absolute Gasteiger partial charge is 0.269 e. The van der Waals surface area contributed by atoms with E-state index >= 15 is 0 Å². The second kappa shape index (κ2) is 8.97. The average Bonchev–Trinajstić information content (AvgIpc) is 3.34. The minimum atomic E-state index is -3.16. The number of benzene rings is 1. The van der Waals surface area contributed by atoms with Gasteiger partial charge in [-0.2, -0.15) is 0 Å². The summed E-state index contributed by atoms with van der Waals surface area (Å²) >= 11 is 0. The van der Waals surface area contributed by atoms with E-state index in [2.05, 4.69) is 0 Å². The van der Waals surface area contributed by atoms with Crippen LogP contribution in [-0.2, 0) is 21.2 Å². The molecule has 1 aromatic carbocycles. The highest BCUT2D eigenvalue weighted by molar-refractivity contribution is 7.91. The Hall–Kier alpha value is -2.72. The summed E-state index contributed by atoms with van der Waals surface area (Å²) in [5, 5.41) is 11.0. The number of nitrogens with zero attached hydrogens (tertiary/aromatic N) is 3. The lowest BCUT2D eigenvalue weighted by Crippen LogP contribution is -2.45. The van der Waals surface area contributed by atoms with Crippen molar-refractivity contribution in [1.82, 2.24) is 9.80 Å². The van der Waals surface area contributed by atoms with Gasteiger partial charge in [-0.3, -0.25) is 19.8 Å². The molecule has 2 atom stereocenters. The molecular formula is C20H25N3O6S. The zero-order valence-electron chi connectivity index (χ0n) is 16.9. The maximum atomic E-state index is 13.1. The van der Waals surface area contributed by atoms with Gasteiger partial charge in [-0.05, 0) is 38.1 Å². The molecule has 1 aliphatic rings. The van der Waals surface area contributed by atoms with Gasteiger partial charge in [-0.15, -0.1) is 0 Å². The zero-order chi connectivity index (χ0) is 21.9. The Morgan fingerprint density at radius 1 is 1.33 bits per heavy atom. The first kappa shape index (κ1) is 22.0. The van der Waals surface area contributed by atoms with Crippen LogP contribution in [0.25, 0.3) is 0 Å². The monoisotopic (exact) mass is 435 g/mol. The van der Waals surface area contributed by atoms with Crippen molar-refractivity contribution in [3.8, 4) is 0 Å². The van der Waals surface area contributed by atoms with Gasteiger partial charge in [-0.1, -0.05) is 12.1 Å². The number of nitro groups is 1. The first-order chi connectivity index (χ1) is 14.2. The average molecular weight is 436 g/mol. The molecule has 2 heterocycles. The Balaban J connectivity index is 1.74. The first-order valence-corrected chi connectivity index (χ1v) is 11.5. The van der Waals surface area contributed by atoms with Crippen molar-refractivity contribution >= 4 is 21.4 Å². The summed E-state index contributed by atoms with van der Waals surface area (Å²) in [5.41, 5.74) is 0.718. The van der Waals surface area contributed by atoms with E-state index in [1.165, 1.54) is 18.4 Å². The lowest BCUT2D eigenvalue weighted by molar-refractivity contribution is -0.384. The lowest BCUT2D eigenvalue weighted by atomic mass is 10.1. The van der Waals surface area contributed by atoms with E-state index in [-0.39, 0.29) is 42.2 Å². The van der Waals surface area contributed by atoms with Gasteiger partial charge in [-0.25, -0.2) is 8.42 Å². The number of amides is 1. The SMILES string of the molecule is C[C@H](c1cccc([N+](=O)[O-])c1)N(C)CC(=O)N(Cc1ccco1)[C@@H]1CCS(=O)(=O)C1. The van der Waals surface area contributed by atoms with Crippen LogP contribution < -0.4 is 0 Å². The highest BCUT2D eigenvalue weighted by Gasteiger charge is 2.35. The highest BCUT2D eigenvalue weighted by Crippen LogP contribution is 2.25. The Bertz CT molecular complexity index is 1010. The summed E-state index contributed by atoms with van der Waals surface area (Å²) in [6, 6.07) is 9.15. The fourth-order valence-electron chi connectivity index (χ4n) is 3.61. The van der Waals surface area contributed by atoms with E-state index in [1.54, 1.807) is 41.1 Å². The topological polar surface area (TPSA) is 114 Å². The standard InChI is InChI=1S/C20H25N3O6S/c1-15(16-5-3-6-17(11-16)23(25)26)21(2)13-20(24)22(12-19-7-4-9-29-19)18-8-10-30(27,28)14-18/h3-7,9,11,15,18H,8,10,12-14H2,1-2H3/t15-,18-/m1/s1. The van der Waals surface area contributed by atoms with Gasteiger partial charge in [0.05, 0.1) is 35.8 Å². The third-order valence-electron chi connectivity index (χ3n) is 5.49. The molecule has 0 unspecified atom stereocenters. The molecule has 0 spiro atoms. The van der Waals surface area contributed by atoms with Crippen LogP contribution in [0.2, 0.25) is 0 Å². The molecule has 1 aliphatic heterocycles. The third kappa shape index (κ3) is 5.25. The molecule has 0 bridgehead atoms. The summed E-state index contributed by atoms with van der Waals surface area (Å²) < 4.78 is 29.3. The molecule has 10 heteroatoms. The number of rotatable bonds is 8. The van der Waals surface area contributed by atoms with Gasteiger partial charge in [0.25, 0.3) is 5.69 Å². The molecule has 2 aromatic rings. The number of hydrogen-bond acceptors (Lipinski definition) is 7.